The fraction of sp³-hybridized carbons (Fsp3) is 0.500. The number of rotatable bonds is 1. The van der Waals surface area contributed by atoms with Crippen molar-refractivity contribution in [2.45, 2.75) is 44.2 Å². The molecule has 0 spiro atoms. The predicted octanol–water partition coefficient (Wildman–Crippen LogP) is 1.36. The molecule has 0 aromatic heterocycles. The summed E-state index contributed by atoms with van der Waals surface area (Å²) >= 11 is 0. The number of carbonyl (C=O) groups excluding carboxylic acids is 2. The summed E-state index contributed by atoms with van der Waals surface area (Å²) in [7, 11) is 0. The normalized spacial score (nSPS) is 35.8. The second-order valence-electron chi connectivity index (χ2n) is 6.65. The van der Waals surface area contributed by atoms with Crippen LogP contribution in [-0.2, 0) is 15.3 Å². The summed E-state index contributed by atoms with van der Waals surface area (Å²) in [6.07, 6.45) is -0.793. The monoisotopic (exact) mass is 303 g/mol. The Bertz CT molecular complexity index is 677. The minimum atomic E-state index is -1.71. The van der Waals surface area contributed by atoms with E-state index < -0.39 is 23.9 Å². The van der Waals surface area contributed by atoms with Crippen LogP contribution in [0.4, 0.5) is 10.1 Å². The standard InChI is InChI=1S/C16H18FN3O2/c1-8(2)12-14(22)20-11(13(21)19-12)7-16(17)9-5-3-4-6-10(9)18-15(16)20/h3-6,8,11-12,15,18H,7H2,1-2H3,(H,19,21)/t11-,12-,15?,16?/m0/s1. The number of hydrogen-bond acceptors (Lipinski definition) is 3. The molecule has 4 atom stereocenters. The molecule has 2 unspecified atom stereocenters. The van der Waals surface area contributed by atoms with Crippen LogP contribution in [0.3, 0.4) is 0 Å². The molecule has 3 aliphatic heterocycles. The summed E-state index contributed by atoms with van der Waals surface area (Å²) in [5.41, 5.74) is -0.468. The molecule has 1 aromatic carbocycles. The Hall–Kier alpha value is -2.11. The number of nitrogens with one attached hydrogen (secondary N) is 2. The summed E-state index contributed by atoms with van der Waals surface area (Å²) < 4.78 is 15.6. The van der Waals surface area contributed by atoms with E-state index in [2.05, 4.69) is 10.6 Å². The van der Waals surface area contributed by atoms with Gasteiger partial charge in [0.15, 0.2) is 5.67 Å². The molecule has 5 nitrogen and oxygen atoms in total. The average Bonchev–Trinajstić information content (AvgIpc) is 2.92. The first-order valence-corrected chi connectivity index (χ1v) is 7.61. The maximum absolute atomic E-state index is 15.6. The Morgan fingerprint density at radius 3 is 2.73 bits per heavy atom. The molecule has 4 rings (SSSR count). The van der Waals surface area contributed by atoms with E-state index in [-0.39, 0.29) is 24.2 Å². The fourth-order valence-electron chi connectivity index (χ4n) is 3.88. The minimum Gasteiger partial charge on any atom is -0.362 e. The SMILES string of the molecule is CC(C)[C@@H]1NC(=O)[C@@H]2CC3(F)c4ccccc4NC3N2C1=O. The number of anilines is 1. The van der Waals surface area contributed by atoms with Crippen LogP contribution in [0, 0.1) is 5.92 Å². The second kappa shape index (κ2) is 4.21. The van der Waals surface area contributed by atoms with Crippen molar-refractivity contribution < 1.29 is 14.0 Å². The van der Waals surface area contributed by atoms with E-state index in [0.29, 0.717) is 11.3 Å². The molecule has 2 N–H and O–H groups in total. The van der Waals surface area contributed by atoms with Crippen LogP contribution in [0.25, 0.3) is 0 Å². The third-order valence-corrected chi connectivity index (χ3v) is 4.99. The summed E-state index contributed by atoms with van der Waals surface area (Å²) in [4.78, 5) is 26.5. The highest BCUT2D eigenvalue weighted by molar-refractivity contribution is 5.98. The Morgan fingerprint density at radius 1 is 1.27 bits per heavy atom. The molecule has 2 amide bonds. The van der Waals surface area contributed by atoms with Crippen molar-refractivity contribution in [3.63, 3.8) is 0 Å². The van der Waals surface area contributed by atoms with Crippen molar-refractivity contribution >= 4 is 17.5 Å². The molecule has 2 fully saturated rings. The molecular weight excluding hydrogens is 285 g/mol. The number of alkyl halides is 1. The maximum atomic E-state index is 15.6. The van der Waals surface area contributed by atoms with Crippen molar-refractivity contribution in [2.24, 2.45) is 5.92 Å². The molecule has 3 aliphatic rings. The van der Waals surface area contributed by atoms with Gasteiger partial charge in [0.05, 0.1) is 0 Å². The Labute approximate surface area is 127 Å². The zero-order valence-corrected chi connectivity index (χ0v) is 12.5. The zero-order valence-electron chi connectivity index (χ0n) is 12.5. The zero-order chi connectivity index (χ0) is 15.6. The van der Waals surface area contributed by atoms with Crippen molar-refractivity contribution in [2.75, 3.05) is 5.32 Å². The molecule has 3 heterocycles. The Morgan fingerprint density at radius 2 is 2.00 bits per heavy atom. The van der Waals surface area contributed by atoms with E-state index in [9.17, 15) is 9.59 Å². The molecule has 0 saturated carbocycles. The molecule has 1 aromatic rings. The van der Waals surface area contributed by atoms with Gasteiger partial charge in [0.25, 0.3) is 0 Å². The highest BCUT2D eigenvalue weighted by Gasteiger charge is 2.64. The van der Waals surface area contributed by atoms with Crippen LogP contribution in [0.2, 0.25) is 0 Å². The molecule has 2 saturated heterocycles. The predicted molar refractivity (Wildman–Crippen MR) is 78.7 cm³/mol. The van der Waals surface area contributed by atoms with Crippen molar-refractivity contribution in [1.82, 2.24) is 10.2 Å². The van der Waals surface area contributed by atoms with Gasteiger partial charge in [-0.15, -0.1) is 0 Å². The van der Waals surface area contributed by atoms with Crippen LogP contribution >= 0.6 is 0 Å². The number of hydrogen-bond donors (Lipinski definition) is 2. The lowest BCUT2D eigenvalue weighted by Crippen LogP contribution is -2.65. The topological polar surface area (TPSA) is 61.4 Å². The first-order chi connectivity index (χ1) is 10.4. The lowest BCUT2D eigenvalue weighted by molar-refractivity contribution is -0.150. The number of nitrogens with zero attached hydrogens (tertiary/aromatic N) is 1. The van der Waals surface area contributed by atoms with E-state index in [4.69, 9.17) is 0 Å². The molecule has 6 heteroatoms. The number of carbonyl (C=O) groups is 2. The largest absolute Gasteiger partial charge is 0.362 e. The summed E-state index contributed by atoms with van der Waals surface area (Å²) in [5.74, 6) is -0.496. The van der Waals surface area contributed by atoms with Crippen molar-refractivity contribution in [1.29, 1.82) is 0 Å². The van der Waals surface area contributed by atoms with Gasteiger partial charge in [-0.3, -0.25) is 9.59 Å². The average molecular weight is 303 g/mol. The fourth-order valence-corrected chi connectivity index (χ4v) is 3.88. The van der Waals surface area contributed by atoms with Gasteiger partial charge in [-0.25, -0.2) is 4.39 Å². The third kappa shape index (κ3) is 1.52. The number of benzene rings is 1. The van der Waals surface area contributed by atoms with Gasteiger partial charge in [-0.2, -0.15) is 0 Å². The Kier molecular flexibility index (Phi) is 2.59. The van der Waals surface area contributed by atoms with Crippen molar-refractivity contribution in [3.8, 4) is 0 Å². The van der Waals surface area contributed by atoms with Gasteiger partial charge in [-0.05, 0) is 12.0 Å². The van der Waals surface area contributed by atoms with Crippen LogP contribution < -0.4 is 10.6 Å². The number of fused-ring (bicyclic) bond motifs is 5. The van der Waals surface area contributed by atoms with Crippen LogP contribution in [0.5, 0.6) is 0 Å². The van der Waals surface area contributed by atoms with Crippen molar-refractivity contribution in [3.05, 3.63) is 29.8 Å². The molecule has 116 valence electrons. The van der Waals surface area contributed by atoms with E-state index in [1.165, 1.54) is 4.90 Å². The summed E-state index contributed by atoms with van der Waals surface area (Å²) in [5, 5.41) is 5.84. The van der Waals surface area contributed by atoms with E-state index in [1.807, 2.05) is 19.9 Å². The third-order valence-electron chi connectivity index (χ3n) is 4.99. The first-order valence-electron chi connectivity index (χ1n) is 7.61. The smallest absolute Gasteiger partial charge is 0.247 e. The van der Waals surface area contributed by atoms with Gasteiger partial charge < -0.3 is 15.5 Å². The summed E-state index contributed by atoms with van der Waals surface area (Å²) in [6.45, 7) is 3.75. The van der Waals surface area contributed by atoms with Gasteiger partial charge in [0, 0.05) is 17.7 Å². The lowest BCUT2D eigenvalue weighted by atomic mass is 9.92. The summed E-state index contributed by atoms with van der Waals surface area (Å²) in [6, 6.07) is 5.81. The maximum Gasteiger partial charge on any atom is 0.247 e. The highest BCUT2D eigenvalue weighted by Crippen LogP contribution is 2.52. The van der Waals surface area contributed by atoms with Gasteiger partial charge >= 0.3 is 0 Å². The second-order valence-corrected chi connectivity index (χ2v) is 6.65. The lowest BCUT2D eigenvalue weighted by Gasteiger charge is -2.38. The van der Waals surface area contributed by atoms with Crippen LogP contribution in [-0.4, -0.2) is 35.0 Å². The number of para-hydroxylation sites is 1. The highest BCUT2D eigenvalue weighted by atomic mass is 19.1. The van der Waals surface area contributed by atoms with Crippen LogP contribution in [0.1, 0.15) is 25.8 Å². The quantitative estimate of drug-likeness (QED) is 0.823. The van der Waals surface area contributed by atoms with Gasteiger partial charge in [0.2, 0.25) is 11.8 Å². The van der Waals surface area contributed by atoms with E-state index in [0.717, 1.165) is 0 Å². The number of piperazine rings is 1. The van der Waals surface area contributed by atoms with Gasteiger partial charge in [-0.1, -0.05) is 32.0 Å². The first kappa shape index (κ1) is 13.5. The minimum absolute atomic E-state index is 0.00404. The molecule has 0 radical (unpaired) electrons. The number of halogens is 1. The Balaban J connectivity index is 1.78. The molecule has 22 heavy (non-hydrogen) atoms. The number of amides is 2. The van der Waals surface area contributed by atoms with E-state index >= 15 is 4.39 Å². The molecule has 0 aliphatic carbocycles. The van der Waals surface area contributed by atoms with E-state index in [1.54, 1.807) is 18.2 Å². The van der Waals surface area contributed by atoms with Gasteiger partial charge in [0.1, 0.15) is 18.2 Å². The molecular formula is C16H18FN3O2. The molecule has 0 bridgehead atoms. The van der Waals surface area contributed by atoms with Crippen LogP contribution in [0.15, 0.2) is 24.3 Å².